The molecular weight excluding hydrogens is 328 g/mol. The van der Waals surface area contributed by atoms with Crippen LogP contribution in [0.1, 0.15) is 35.3 Å². The van der Waals surface area contributed by atoms with Gasteiger partial charge in [0.15, 0.2) is 0 Å². The van der Waals surface area contributed by atoms with Crippen LogP contribution in [-0.4, -0.2) is 33.2 Å². The van der Waals surface area contributed by atoms with Crippen molar-refractivity contribution in [3.05, 3.63) is 59.2 Å². The van der Waals surface area contributed by atoms with Gasteiger partial charge in [-0.15, -0.1) is 0 Å². The molecule has 0 aliphatic rings. The summed E-state index contributed by atoms with van der Waals surface area (Å²) in [5, 5.41) is 2.95. The lowest BCUT2D eigenvalue weighted by Gasteiger charge is -2.15. The van der Waals surface area contributed by atoms with E-state index in [4.69, 9.17) is 9.47 Å². The number of amides is 1. The van der Waals surface area contributed by atoms with E-state index in [-0.39, 0.29) is 5.91 Å². The van der Waals surface area contributed by atoms with Crippen molar-refractivity contribution in [2.24, 2.45) is 0 Å². The summed E-state index contributed by atoms with van der Waals surface area (Å²) in [5.74, 6) is 0.991. The zero-order valence-corrected chi connectivity index (χ0v) is 16.1. The van der Waals surface area contributed by atoms with E-state index in [2.05, 4.69) is 43.4 Å². The Balaban J connectivity index is 1.97. The number of carbonyl (C=O) groups is 1. The molecule has 0 fully saturated rings. The molecule has 0 spiro atoms. The molecule has 0 radical (unpaired) electrons. The van der Waals surface area contributed by atoms with Crippen LogP contribution in [0.2, 0.25) is 0 Å². The van der Waals surface area contributed by atoms with Crippen LogP contribution in [-0.2, 0) is 13.1 Å². The van der Waals surface area contributed by atoms with Gasteiger partial charge in [0, 0.05) is 18.2 Å². The SMILES string of the molecule is CC[NH+](CC)Cc1ccc(CNC(=O)c2ccc(OC)cc2OC)cc1. The molecule has 0 aliphatic carbocycles. The number of hydrogen-bond donors (Lipinski definition) is 2. The summed E-state index contributed by atoms with van der Waals surface area (Å²) < 4.78 is 10.5. The molecule has 5 heteroatoms. The highest BCUT2D eigenvalue weighted by molar-refractivity contribution is 5.97. The number of hydrogen-bond acceptors (Lipinski definition) is 3. The van der Waals surface area contributed by atoms with E-state index in [1.54, 1.807) is 37.3 Å². The topological polar surface area (TPSA) is 52.0 Å². The van der Waals surface area contributed by atoms with E-state index in [0.717, 1.165) is 25.2 Å². The van der Waals surface area contributed by atoms with Crippen molar-refractivity contribution in [2.45, 2.75) is 26.9 Å². The van der Waals surface area contributed by atoms with Gasteiger partial charge in [0.25, 0.3) is 5.91 Å². The van der Waals surface area contributed by atoms with Crippen LogP contribution in [0.5, 0.6) is 11.5 Å². The molecule has 0 heterocycles. The van der Waals surface area contributed by atoms with Crippen molar-refractivity contribution in [3.8, 4) is 11.5 Å². The number of rotatable bonds is 9. The summed E-state index contributed by atoms with van der Waals surface area (Å²) in [6, 6.07) is 13.6. The van der Waals surface area contributed by atoms with Gasteiger partial charge in [0.2, 0.25) is 0 Å². The first-order valence-electron chi connectivity index (χ1n) is 9.02. The summed E-state index contributed by atoms with van der Waals surface area (Å²) in [7, 11) is 3.13. The fourth-order valence-electron chi connectivity index (χ4n) is 2.83. The lowest BCUT2D eigenvalue weighted by Crippen LogP contribution is -3.10. The van der Waals surface area contributed by atoms with Gasteiger partial charge in [0.05, 0.1) is 32.9 Å². The number of quaternary nitrogens is 1. The standard InChI is InChI=1S/C21H28N2O3/c1-5-23(6-2)15-17-9-7-16(8-10-17)14-22-21(24)19-12-11-18(25-3)13-20(19)26-4/h7-13H,5-6,14-15H2,1-4H3,(H,22,24)/p+1. The molecular formula is C21H29N2O3+. The fraction of sp³-hybridized carbons (Fsp3) is 0.381. The Hall–Kier alpha value is -2.53. The van der Waals surface area contributed by atoms with Crippen molar-refractivity contribution < 1.29 is 19.2 Å². The number of benzene rings is 2. The average Bonchev–Trinajstić information content (AvgIpc) is 2.70. The van der Waals surface area contributed by atoms with Crippen LogP contribution in [0.15, 0.2) is 42.5 Å². The smallest absolute Gasteiger partial charge is 0.255 e. The maximum atomic E-state index is 12.5. The molecule has 0 unspecified atom stereocenters. The van der Waals surface area contributed by atoms with Gasteiger partial charge >= 0.3 is 0 Å². The summed E-state index contributed by atoms with van der Waals surface area (Å²) in [6.07, 6.45) is 0. The van der Waals surface area contributed by atoms with Gasteiger partial charge in [-0.1, -0.05) is 24.3 Å². The van der Waals surface area contributed by atoms with Crippen LogP contribution >= 0.6 is 0 Å². The lowest BCUT2D eigenvalue weighted by molar-refractivity contribution is -0.910. The molecule has 5 nitrogen and oxygen atoms in total. The van der Waals surface area contributed by atoms with Crippen LogP contribution in [0, 0.1) is 0 Å². The molecule has 2 aromatic carbocycles. The van der Waals surface area contributed by atoms with E-state index in [1.807, 2.05) is 0 Å². The second kappa shape index (κ2) is 9.82. The van der Waals surface area contributed by atoms with Crippen LogP contribution in [0.3, 0.4) is 0 Å². The Morgan fingerprint density at radius 1 is 0.962 bits per heavy atom. The first-order chi connectivity index (χ1) is 12.6. The van der Waals surface area contributed by atoms with Gasteiger partial charge in [0.1, 0.15) is 18.0 Å². The largest absolute Gasteiger partial charge is 0.497 e. The van der Waals surface area contributed by atoms with Crippen molar-refractivity contribution in [1.29, 1.82) is 0 Å². The summed E-state index contributed by atoms with van der Waals surface area (Å²) in [5.41, 5.74) is 2.88. The third-order valence-corrected chi connectivity index (χ3v) is 4.58. The normalized spacial score (nSPS) is 10.7. The zero-order chi connectivity index (χ0) is 18.9. The predicted molar refractivity (Wildman–Crippen MR) is 103 cm³/mol. The molecule has 0 saturated heterocycles. The molecule has 2 aromatic rings. The van der Waals surface area contributed by atoms with Gasteiger partial charge in [-0.25, -0.2) is 0 Å². The minimum Gasteiger partial charge on any atom is -0.497 e. The highest BCUT2D eigenvalue weighted by atomic mass is 16.5. The van der Waals surface area contributed by atoms with E-state index in [9.17, 15) is 4.79 Å². The number of ether oxygens (including phenoxy) is 2. The zero-order valence-electron chi connectivity index (χ0n) is 16.1. The van der Waals surface area contributed by atoms with Crippen molar-refractivity contribution in [1.82, 2.24) is 5.32 Å². The minimum atomic E-state index is -0.166. The van der Waals surface area contributed by atoms with E-state index < -0.39 is 0 Å². The van der Waals surface area contributed by atoms with Gasteiger partial charge in [-0.3, -0.25) is 4.79 Å². The van der Waals surface area contributed by atoms with E-state index in [1.165, 1.54) is 5.56 Å². The molecule has 140 valence electrons. The first kappa shape index (κ1) is 19.8. The van der Waals surface area contributed by atoms with Gasteiger partial charge < -0.3 is 19.7 Å². The number of nitrogens with one attached hydrogen (secondary N) is 2. The summed E-state index contributed by atoms with van der Waals surface area (Å²) >= 11 is 0. The Bertz CT molecular complexity index is 710. The Labute approximate surface area is 155 Å². The van der Waals surface area contributed by atoms with E-state index >= 15 is 0 Å². The van der Waals surface area contributed by atoms with Crippen LogP contribution in [0.4, 0.5) is 0 Å². The maximum absolute atomic E-state index is 12.5. The second-order valence-electron chi connectivity index (χ2n) is 6.20. The molecule has 26 heavy (non-hydrogen) atoms. The third kappa shape index (κ3) is 5.23. The molecule has 1 amide bonds. The lowest BCUT2D eigenvalue weighted by atomic mass is 10.1. The molecule has 2 rings (SSSR count). The van der Waals surface area contributed by atoms with Crippen molar-refractivity contribution in [3.63, 3.8) is 0 Å². The maximum Gasteiger partial charge on any atom is 0.255 e. The second-order valence-corrected chi connectivity index (χ2v) is 6.20. The highest BCUT2D eigenvalue weighted by Crippen LogP contribution is 2.24. The van der Waals surface area contributed by atoms with Crippen LogP contribution < -0.4 is 19.7 Å². The van der Waals surface area contributed by atoms with Crippen molar-refractivity contribution >= 4 is 5.91 Å². The molecule has 0 aliphatic heterocycles. The van der Waals surface area contributed by atoms with Crippen LogP contribution in [0.25, 0.3) is 0 Å². The first-order valence-corrected chi connectivity index (χ1v) is 9.02. The molecule has 0 atom stereocenters. The summed E-state index contributed by atoms with van der Waals surface area (Å²) in [4.78, 5) is 14.0. The monoisotopic (exact) mass is 357 g/mol. The Kier molecular flexibility index (Phi) is 7.48. The average molecular weight is 357 g/mol. The third-order valence-electron chi connectivity index (χ3n) is 4.58. The molecule has 0 bridgehead atoms. The minimum absolute atomic E-state index is 0.166. The molecule has 2 N–H and O–H groups in total. The van der Waals surface area contributed by atoms with Gasteiger partial charge in [-0.2, -0.15) is 0 Å². The Morgan fingerprint density at radius 3 is 2.19 bits per heavy atom. The summed E-state index contributed by atoms with van der Waals surface area (Å²) in [6.45, 7) is 8.16. The predicted octanol–water partition coefficient (Wildman–Crippen LogP) is 2.06. The van der Waals surface area contributed by atoms with Gasteiger partial charge in [-0.05, 0) is 31.5 Å². The fourth-order valence-corrected chi connectivity index (χ4v) is 2.83. The highest BCUT2D eigenvalue weighted by Gasteiger charge is 2.13. The number of methoxy groups -OCH3 is 2. The quantitative estimate of drug-likeness (QED) is 0.722. The Morgan fingerprint density at radius 2 is 1.62 bits per heavy atom. The molecule has 0 aromatic heterocycles. The number of carbonyl (C=O) groups excluding carboxylic acids is 1. The van der Waals surface area contributed by atoms with E-state index in [0.29, 0.717) is 23.6 Å². The van der Waals surface area contributed by atoms with Crippen molar-refractivity contribution in [2.75, 3.05) is 27.3 Å². The molecule has 0 saturated carbocycles.